The molecular weight excluding hydrogens is 554 g/mol. The number of amides is 4. The summed E-state index contributed by atoms with van der Waals surface area (Å²) in [5.41, 5.74) is 1.12. The van der Waals surface area contributed by atoms with Crippen LogP contribution >= 0.6 is 0 Å². The molecule has 4 aliphatic carbocycles. The van der Waals surface area contributed by atoms with E-state index >= 15 is 0 Å². The van der Waals surface area contributed by atoms with Crippen LogP contribution in [0.3, 0.4) is 0 Å². The van der Waals surface area contributed by atoms with Crippen LogP contribution in [-0.4, -0.2) is 86.3 Å². The fourth-order valence-electron chi connectivity index (χ4n) is 9.12. The van der Waals surface area contributed by atoms with Gasteiger partial charge in [0.2, 0.25) is 0 Å². The Morgan fingerprint density at radius 1 is 0.907 bits per heavy atom. The van der Waals surface area contributed by atoms with Gasteiger partial charge >= 0.3 is 6.03 Å². The second-order valence-corrected chi connectivity index (χ2v) is 13.3. The summed E-state index contributed by atoms with van der Waals surface area (Å²) in [6.07, 6.45) is 8.14. The number of urea groups is 1. The van der Waals surface area contributed by atoms with Gasteiger partial charge in [-0.1, -0.05) is 0 Å². The number of hydrogen-bond donors (Lipinski definition) is 1. The molecular formula is C31H39N5O7. The number of nitro groups is 1. The summed E-state index contributed by atoms with van der Waals surface area (Å²) in [6.45, 7) is 6.03. The maximum absolute atomic E-state index is 14.1. The molecule has 4 amide bonds. The lowest BCUT2D eigenvalue weighted by Crippen LogP contribution is -2.63. The Balaban J connectivity index is 1.27. The van der Waals surface area contributed by atoms with E-state index in [0.29, 0.717) is 87.3 Å². The highest BCUT2D eigenvalue weighted by Crippen LogP contribution is 2.62. The zero-order valence-electron chi connectivity index (χ0n) is 24.6. The normalized spacial score (nSPS) is 32.4. The summed E-state index contributed by atoms with van der Waals surface area (Å²) >= 11 is 0. The fraction of sp³-hybridized carbons (Fsp3) is 0.645. The number of nitrogens with one attached hydrogen (secondary N) is 1. The molecule has 3 saturated heterocycles. The van der Waals surface area contributed by atoms with Crippen LogP contribution in [0.15, 0.2) is 17.7 Å². The van der Waals surface area contributed by atoms with E-state index in [1.165, 1.54) is 36.3 Å². The predicted molar refractivity (Wildman–Crippen MR) is 158 cm³/mol. The number of imide groups is 2. The van der Waals surface area contributed by atoms with Crippen molar-refractivity contribution in [3.63, 3.8) is 0 Å². The molecule has 1 aromatic carbocycles. The highest BCUT2D eigenvalue weighted by atomic mass is 16.6. The average Bonchev–Trinajstić information content (AvgIpc) is 2.99. The monoisotopic (exact) mass is 593 g/mol. The van der Waals surface area contributed by atoms with E-state index in [9.17, 15) is 24.5 Å². The zero-order chi connectivity index (χ0) is 29.9. The van der Waals surface area contributed by atoms with Crippen LogP contribution in [0, 0.1) is 33.3 Å². The van der Waals surface area contributed by atoms with Gasteiger partial charge in [0.1, 0.15) is 11.3 Å². The largest absolute Gasteiger partial charge is 0.378 e. The minimum Gasteiger partial charge on any atom is -0.378 e. The van der Waals surface area contributed by atoms with Crippen molar-refractivity contribution in [3.05, 3.63) is 33.4 Å². The van der Waals surface area contributed by atoms with E-state index < -0.39 is 22.8 Å². The molecule has 7 aliphatic rings. The molecule has 8 rings (SSSR count). The number of benzene rings is 1. The maximum Gasteiger partial charge on any atom is 0.331 e. The lowest BCUT2D eigenvalue weighted by atomic mass is 9.47. The van der Waals surface area contributed by atoms with Crippen molar-refractivity contribution in [1.29, 1.82) is 0 Å². The summed E-state index contributed by atoms with van der Waals surface area (Å²) in [7, 11) is 0. The molecule has 7 fully saturated rings. The van der Waals surface area contributed by atoms with Crippen molar-refractivity contribution in [2.75, 3.05) is 62.4 Å². The number of carbonyl (C=O) groups is 3. The molecule has 4 bridgehead atoms. The van der Waals surface area contributed by atoms with Gasteiger partial charge in [-0.05, 0) is 80.8 Å². The van der Waals surface area contributed by atoms with Crippen molar-refractivity contribution in [3.8, 4) is 0 Å². The third kappa shape index (κ3) is 4.98. The third-order valence-electron chi connectivity index (χ3n) is 10.8. The number of hydrogen-bond acceptors (Lipinski definition) is 9. The Kier molecular flexibility index (Phi) is 7.16. The minimum absolute atomic E-state index is 0.107. The molecule has 3 aliphatic heterocycles. The Hall–Kier alpha value is -3.51. The van der Waals surface area contributed by atoms with E-state index in [4.69, 9.17) is 9.47 Å². The van der Waals surface area contributed by atoms with Crippen LogP contribution in [0.2, 0.25) is 0 Å². The minimum atomic E-state index is -0.781. The first-order valence-corrected chi connectivity index (χ1v) is 15.6. The van der Waals surface area contributed by atoms with E-state index in [1.54, 1.807) is 6.07 Å². The molecule has 1 aromatic rings. The molecule has 4 saturated carbocycles. The molecule has 12 nitrogen and oxygen atoms in total. The third-order valence-corrected chi connectivity index (χ3v) is 10.8. The van der Waals surface area contributed by atoms with Crippen LogP contribution in [0.5, 0.6) is 0 Å². The van der Waals surface area contributed by atoms with Gasteiger partial charge in [-0.2, -0.15) is 0 Å². The molecule has 0 spiro atoms. The maximum atomic E-state index is 14.1. The molecule has 1 N–H and O–H groups in total. The number of barbiturate groups is 1. The number of morpholine rings is 2. The van der Waals surface area contributed by atoms with Crippen molar-refractivity contribution in [1.82, 2.24) is 10.2 Å². The van der Waals surface area contributed by atoms with Gasteiger partial charge in [0, 0.05) is 49.5 Å². The molecule has 1 unspecified atom stereocenters. The van der Waals surface area contributed by atoms with E-state index in [1.807, 2.05) is 11.8 Å². The number of carbonyl (C=O) groups excluding carboxylic acids is 3. The fourth-order valence-corrected chi connectivity index (χ4v) is 9.12. The number of rotatable bonds is 6. The summed E-state index contributed by atoms with van der Waals surface area (Å²) in [5, 5.41) is 14.7. The first-order chi connectivity index (χ1) is 20.7. The van der Waals surface area contributed by atoms with Crippen LogP contribution in [0.4, 0.5) is 21.9 Å². The van der Waals surface area contributed by atoms with Crippen LogP contribution in [0.25, 0.3) is 6.08 Å². The molecule has 0 radical (unpaired) electrons. The van der Waals surface area contributed by atoms with Gasteiger partial charge in [-0.3, -0.25) is 29.9 Å². The Labute approximate surface area is 250 Å². The highest BCUT2D eigenvalue weighted by Gasteiger charge is 2.56. The number of nitro benzene ring substituents is 1. The second kappa shape index (κ2) is 10.9. The molecule has 43 heavy (non-hydrogen) atoms. The van der Waals surface area contributed by atoms with Gasteiger partial charge in [-0.15, -0.1) is 0 Å². The molecule has 1 atom stereocenters. The number of anilines is 2. The second-order valence-electron chi connectivity index (χ2n) is 13.3. The number of ether oxygens (including phenoxy) is 2. The van der Waals surface area contributed by atoms with E-state index in [2.05, 4.69) is 10.2 Å². The molecule has 3 heterocycles. The first kappa shape index (κ1) is 28.3. The topological polar surface area (TPSA) is 135 Å². The molecule has 0 aromatic heterocycles. The Morgan fingerprint density at radius 3 is 1.98 bits per heavy atom. The highest BCUT2D eigenvalue weighted by molar-refractivity contribution is 6.31. The zero-order valence-corrected chi connectivity index (χ0v) is 24.6. The van der Waals surface area contributed by atoms with Crippen molar-refractivity contribution >= 4 is 41.0 Å². The van der Waals surface area contributed by atoms with Gasteiger partial charge in [0.05, 0.1) is 31.4 Å². The summed E-state index contributed by atoms with van der Waals surface area (Å²) in [4.78, 5) is 57.7. The quantitative estimate of drug-likeness (QED) is 0.228. The predicted octanol–water partition coefficient (Wildman–Crippen LogP) is 3.33. The van der Waals surface area contributed by atoms with Gasteiger partial charge in [-0.25, -0.2) is 4.79 Å². The smallest absolute Gasteiger partial charge is 0.331 e. The summed E-state index contributed by atoms with van der Waals surface area (Å²) in [6, 6.07) is 2.19. The van der Waals surface area contributed by atoms with Crippen molar-refractivity contribution in [2.45, 2.75) is 51.5 Å². The summed E-state index contributed by atoms with van der Waals surface area (Å²) < 4.78 is 11.0. The Bertz CT molecular complexity index is 1350. The standard InChI is InChI=1S/C31H39N5O7/c1-19(31-16-20-10-21(17-31)12-22(11-20)18-31)35-29(38)24(28(37)32-30(35)39)13-23-14-27(36(40)41)26(34-4-8-43-9-5-34)15-25(23)33-2-6-42-7-3-33/h13-15,19-22H,2-12,16-18H2,1H3,(H,32,37,39). The SMILES string of the molecule is CC(N1C(=O)NC(=O)C(=Cc2cc([N+](=O)[O-])c(N3CCOCC3)cc2N2CCOCC2)C1=O)C12CC3CC(CC(C3)C1)C2. The van der Waals surface area contributed by atoms with Crippen LogP contribution < -0.4 is 15.1 Å². The van der Waals surface area contributed by atoms with E-state index in [-0.39, 0.29) is 22.7 Å². The van der Waals surface area contributed by atoms with Gasteiger partial charge in [0.15, 0.2) is 0 Å². The van der Waals surface area contributed by atoms with Crippen LogP contribution in [-0.2, 0) is 19.1 Å². The Morgan fingerprint density at radius 2 is 1.44 bits per heavy atom. The summed E-state index contributed by atoms with van der Waals surface area (Å²) in [5.74, 6) is 0.487. The molecule has 12 heteroatoms. The molecule has 230 valence electrons. The van der Waals surface area contributed by atoms with Crippen molar-refractivity contribution < 1.29 is 28.8 Å². The van der Waals surface area contributed by atoms with Crippen LogP contribution in [0.1, 0.15) is 51.0 Å². The van der Waals surface area contributed by atoms with Gasteiger partial charge in [0.25, 0.3) is 17.5 Å². The first-order valence-electron chi connectivity index (χ1n) is 15.6. The number of nitrogens with zero attached hydrogens (tertiary/aromatic N) is 4. The van der Waals surface area contributed by atoms with Gasteiger partial charge < -0.3 is 19.3 Å². The lowest BCUT2D eigenvalue weighted by Gasteiger charge is -2.60. The average molecular weight is 594 g/mol. The van der Waals surface area contributed by atoms with Crippen molar-refractivity contribution in [2.24, 2.45) is 23.2 Å². The van der Waals surface area contributed by atoms with E-state index in [0.717, 1.165) is 19.3 Å². The lowest BCUT2D eigenvalue weighted by molar-refractivity contribution is -0.384.